The van der Waals surface area contributed by atoms with Crippen molar-refractivity contribution in [2.75, 3.05) is 18.4 Å². The van der Waals surface area contributed by atoms with Crippen LogP contribution in [0.15, 0.2) is 18.2 Å². The Balaban J connectivity index is 1.94. The number of halogens is 3. The molecule has 0 unspecified atom stereocenters. The lowest BCUT2D eigenvalue weighted by molar-refractivity contribution is -0.388. The molecule has 1 aliphatic carbocycles. The third-order valence-electron chi connectivity index (χ3n) is 3.19. The molecular weight excluding hydrogens is 287 g/mol. The van der Waals surface area contributed by atoms with Crippen LogP contribution >= 0.6 is 0 Å². The van der Waals surface area contributed by atoms with Crippen molar-refractivity contribution < 1.29 is 18.1 Å². The summed E-state index contributed by atoms with van der Waals surface area (Å²) >= 11 is 0. The van der Waals surface area contributed by atoms with Crippen molar-refractivity contribution in [1.29, 1.82) is 0 Å². The molecular formula is C13H16F3N3O2. The van der Waals surface area contributed by atoms with Crippen LogP contribution in [-0.2, 0) is 6.18 Å². The topological polar surface area (TPSA) is 67.2 Å². The third kappa shape index (κ3) is 4.59. The van der Waals surface area contributed by atoms with Crippen LogP contribution in [0.25, 0.3) is 0 Å². The smallest absolute Gasteiger partial charge is 0.385 e. The molecule has 0 bridgehead atoms. The molecule has 1 fully saturated rings. The van der Waals surface area contributed by atoms with Gasteiger partial charge in [-0.3, -0.25) is 10.1 Å². The molecule has 1 aliphatic rings. The number of hydrogen-bond acceptors (Lipinski definition) is 4. The predicted molar refractivity (Wildman–Crippen MR) is 72.2 cm³/mol. The van der Waals surface area contributed by atoms with Gasteiger partial charge in [-0.05, 0) is 37.9 Å². The van der Waals surface area contributed by atoms with Gasteiger partial charge >= 0.3 is 6.18 Å². The lowest BCUT2D eigenvalue weighted by Gasteiger charge is -2.11. The summed E-state index contributed by atoms with van der Waals surface area (Å²) < 4.78 is 38.4. The Morgan fingerprint density at radius 1 is 1.29 bits per heavy atom. The summed E-state index contributed by atoms with van der Waals surface area (Å²) in [6, 6.07) is 3.56. The Labute approximate surface area is 119 Å². The molecule has 1 saturated carbocycles. The Kier molecular flexibility index (Phi) is 4.66. The molecule has 0 amide bonds. The van der Waals surface area contributed by atoms with Gasteiger partial charge in [-0.2, -0.15) is 13.2 Å². The number of nitro benzene ring substituents is 1. The van der Waals surface area contributed by atoms with E-state index in [9.17, 15) is 23.3 Å². The average Bonchev–Trinajstić information content (AvgIpc) is 3.21. The number of alkyl halides is 3. The van der Waals surface area contributed by atoms with Gasteiger partial charge in [0, 0.05) is 24.3 Å². The van der Waals surface area contributed by atoms with Crippen LogP contribution in [0.5, 0.6) is 0 Å². The second-order valence-electron chi connectivity index (χ2n) is 5.00. The van der Waals surface area contributed by atoms with E-state index in [1.165, 1.54) is 18.9 Å². The van der Waals surface area contributed by atoms with Gasteiger partial charge < -0.3 is 10.6 Å². The molecule has 1 aromatic carbocycles. The fourth-order valence-corrected chi connectivity index (χ4v) is 1.95. The molecule has 0 atom stereocenters. The molecule has 1 aromatic rings. The number of hydrogen-bond donors (Lipinski definition) is 2. The van der Waals surface area contributed by atoms with Gasteiger partial charge in [0.1, 0.15) is 5.56 Å². The Morgan fingerprint density at radius 2 is 2.00 bits per heavy atom. The van der Waals surface area contributed by atoms with Crippen molar-refractivity contribution >= 4 is 11.4 Å². The zero-order valence-electron chi connectivity index (χ0n) is 11.2. The van der Waals surface area contributed by atoms with Crippen molar-refractivity contribution in [1.82, 2.24) is 5.32 Å². The first kappa shape index (κ1) is 15.6. The quantitative estimate of drug-likeness (QED) is 0.461. The minimum Gasteiger partial charge on any atom is -0.385 e. The summed E-state index contributed by atoms with van der Waals surface area (Å²) in [5.74, 6) is 0. The van der Waals surface area contributed by atoms with Gasteiger partial charge in [0.15, 0.2) is 0 Å². The SMILES string of the molecule is O=[N+]([O-])c1ccc(NCCCNC2CC2)cc1C(F)(F)F. The van der Waals surface area contributed by atoms with E-state index in [0.29, 0.717) is 12.6 Å². The maximum absolute atomic E-state index is 12.8. The fourth-order valence-electron chi connectivity index (χ4n) is 1.95. The minimum atomic E-state index is -4.74. The molecule has 0 aliphatic heterocycles. The van der Waals surface area contributed by atoms with Crippen molar-refractivity contribution in [2.24, 2.45) is 0 Å². The van der Waals surface area contributed by atoms with E-state index < -0.39 is 22.4 Å². The van der Waals surface area contributed by atoms with E-state index in [1.54, 1.807) is 0 Å². The molecule has 0 saturated heterocycles. The van der Waals surface area contributed by atoms with Gasteiger partial charge in [-0.25, -0.2) is 0 Å². The second kappa shape index (κ2) is 6.30. The van der Waals surface area contributed by atoms with Crippen LogP contribution in [0.3, 0.4) is 0 Å². The molecule has 0 spiro atoms. The first-order valence-electron chi connectivity index (χ1n) is 6.71. The van der Waals surface area contributed by atoms with Crippen molar-refractivity contribution in [2.45, 2.75) is 31.5 Å². The highest BCUT2D eigenvalue weighted by Gasteiger charge is 2.38. The first-order valence-corrected chi connectivity index (χ1v) is 6.71. The summed E-state index contributed by atoms with van der Waals surface area (Å²) in [6.45, 7) is 1.31. The number of benzene rings is 1. The summed E-state index contributed by atoms with van der Waals surface area (Å²) in [4.78, 5) is 9.60. The summed E-state index contributed by atoms with van der Waals surface area (Å²) in [5.41, 5.74) is -1.92. The number of nitrogens with zero attached hydrogens (tertiary/aromatic N) is 1. The lowest BCUT2D eigenvalue weighted by Crippen LogP contribution is -2.20. The molecule has 2 N–H and O–H groups in total. The predicted octanol–water partition coefficient (Wildman–Crippen LogP) is 3.17. The minimum absolute atomic E-state index is 0.236. The third-order valence-corrected chi connectivity index (χ3v) is 3.19. The van der Waals surface area contributed by atoms with E-state index in [-0.39, 0.29) is 5.69 Å². The van der Waals surface area contributed by atoms with Crippen molar-refractivity contribution in [3.8, 4) is 0 Å². The zero-order valence-corrected chi connectivity index (χ0v) is 11.2. The largest absolute Gasteiger partial charge is 0.423 e. The summed E-state index contributed by atoms with van der Waals surface area (Å²) in [7, 11) is 0. The van der Waals surface area contributed by atoms with E-state index in [0.717, 1.165) is 25.1 Å². The van der Waals surface area contributed by atoms with Crippen LogP contribution in [-0.4, -0.2) is 24.1 Å². The lowest BCUT2D eigenvalue weighted by atomic mass is 10.1. The van der Waals surface area contributed by atoms with Gasteiger partial charge in [0.05, 0.1) is 4.92 Å². The summed E-state index contributed by atoms with van der Waals surface area (Å²) in [5, 5.41) is 16.8. The maximum Gasteiger partial charge on any atom is 0.423 e. The number of rotatable bonds is 7. The molecule has 0 radical (unpaired) electrons. The van der Waals surface area contributed by atoms with Crippen LogP contribution < -0.4 is 10.6 Å². The normalized spacial score (nSPS) is 15.0. The van der Waals surface area contributed by atoms with Crippen LogP contribution in [0.1, 0.15) is 24.8 Å². The van der Waals surface area contributed by atoms with E-state index in [1.807, 2.05) is 0 Å². The number of nitro groups is 1. The molecule has 5 nitrogen and oxygen atoms in total. The van der Waals surface area contributed by atoms with Gasteiger partial charge in [-0.1, -0.05) is 0 Å². The summed E-state index contributed by atoms with van der Waals surface area (Å²) in [6.07, 6.45) is -1.60. The van der Waals surface area contributed by atoms with Gasteiger partial charge in [0.25, 0.3) is 5.69 Å². The molecule has 0 heterocycles. The highest BCUT2D eigenvalue weighted by atomic mass is 19.4. The monoisotopic (exact) mass is 303 g/mol. The molecule has 8 heteroatoms. The highest BCUT2D eigenvalue weighted by Crippen LogP contribution is 2.37. The molecule has 0 aromatic heterocycles. The fraction of sp³-hybridized carbons (Fsp3) is 0.538. The second-order valence-corrected chi connectivity index (χ2v) is 5.00. The standard InChI is InChI=1S/C13H16F3N3O2/c14-13(15,16)11-8-10(4-5-12(11)19(20)21)18-7-1-6-17-9-2-3-9/h4-5,8-9,17-18H,1-3,6-7H2. The van der Waals surface area contributed by atoms with E-state index >= 15 is 0 Å². The van der Waals surface area contributed by atoms with Crippen LogP contribution in [0, 0.1) is 10.1 Å². The van der Waals surface area contributed by atoms with Crippen LogP contribution in [0.2, 0.25) is 0 Å². The Hall–Kier alpha value is -1.83. The maximum atomic E-state index is 12.8. The number of nitrogens with one attached hydrogen (secondary N) is 2. The first-order chi connectivity index (χ1) is 9.88. The van der Waals surface area contributed by atoms with Gasteiger partial charge in [0.2, 0.25) is 0 Å². The van der Waals surface area contributed by atoms with E-state index in [4.69, 9.17) is 0 Å². The Morgan fingerprint density at radius 3 is 2.57 bits per heavy atom. The highest BCUT2D eigenvalue weighted by molar-refractivity contribution is 5.55. The van der Waals surface area contributed by atoms with Crippen LogP contribution in [0.4, 0.5) is 24.5 Å². The average molecular weight is 303 g/mol. The van der Waals surface area contributed by atoms with Crippen molar-refractivity contribution in [3.63, 3.8) is 0 Å². The molecule has 2 rings (SSSR count). The van der Waals surface area contributed by atoms with Gasteiger partial charge in [-0.15, -0.1) is 0 Å². The van der Waals surface area contributed by atoms with E-state index in [2.05, 4.69) is 10.6 Å². The number of anilines is 1. The molecule has 116 valence electrons. The zero-order chi connectivity index (χ0) is 15.5. The Bertz CT molecular complexity index is 516. The molecule has 21 heavy (non-hydrogen) atoms. The van der Waals surface area contributed by atoms with Crippen molar-refractivity contribution in [3.05, 3.63) is 33.9 Å².